The quantitative estimate of drug-likeness (QED) is 0.683. The lowest BCUT2D eigenvalue weighted by molar-refractivity contribution is 0.830. The van der Waals surface area contributed by atoms with E-state index in [9.17, 15) is 0 Å². The van der Waals surface area contributed by atoms with Gasteiger partial charge in [-0.05, 0) is 24.3 Å². The average Bonchev–Trinajstić information content (AvgIpc) is 2.65. The van der Waals surface area contributed by atoms with Crippen LogP contribution in [0.4, 0.5) is 17.6 Å². The summed E-state index contributed by atoms with van der Waals surface area (Å²) in [5.74, 6) is 1.88. The number of hydrogen-bond donors (Lipinski definition) is 2. The van der Waals surface area contributed by atoms with E-state index in [0.29, 0.717) is 12.4 Å². The maximum Gasteiger partial charge on any atom is 0.221 e. The highest BCUT2D eigenvalue weighted by atomic mass is 15.2. The summed E-state index contributed by atoms with van der Waals surface area (Å²) in [6.07, 6.45) is 6.12. The van der Waals surface area contributed by atoms with Crippen LogP contribution < -0.4 is 16.0 Å². The minimum absolute atomic E-state index is 0.254. The Kier molecular flexibility index (Phi) is 5.36. The predicted octanol–water partition coefficient (Wildman–Crippen LogP) is 2.14. The fourth-order valence-corrected chi connectivity index (χ4v) is 2.50. The van der Waals surface area contributed by atoms with Crippen LogP contribution in [-0.2, 0) is 13.0 Å². The molecule has 0 amide bonds. The molecule has 0 bridgehead atoms. The van der Waals surface area contributed by atoms with E-state index in [4.69, 9.17) is 5.73 Å². The first-order chi connectivity index (χ1) is 12.2. The molecule has 0 saturated carbocycles. The fraction of sp³-hybridized carbons (Fsp3) is 0.222. The van der Waals surface area contributed by atoms with E-state index < -0.39 is 0 Å². The fourth-order valence-electron chi connectivity index (χ4n) is 2.50. The lowest BCUT2D eigenvalue weighted by atomic mass is 10.2. The summed E-state index contributed by atoms with van der Waals surface area (Å²) in [5, 5.41) is 3.26. The zero-order chi connectivity index (χ0) is 17.5. The summed E-state index contributed by atoms with van der Waals surface area (Å²) in [6.45, 7) is 1.44. The molecule has 25 heavy (non-hydrogen) atoms. The second kappa shape index (κ2) is 8.05. The Bertz CT molecular complexity index is 807. The minimum atomic E-state index is 0.254. The van der Waals surface area contributed by atoms with Crippen LogP contribution >= 0.6 is 0 Å². The van der Waals surface area contributed by atoms with Gasteiger partial charge in [-0.3, -0.25) is 4.98 Å². The molecule has 3 rings (SSSR count). The normalized spacial score (nSPS) is 10.4. The molecule has 0 saturated heterocycles. The van der Waals surface area contributed by atoms with Crippen LogP contribution in [0.3, 0.4) is 0 Å². The minimum Gasteiger partial charge on any atom is -0.368 e. The van der Waals surface area contributed by atoms with Crippen molar-refractivity contribution in [2.75, 3.05) is 29.5 Å². The SMILES string of the molecule is CN(CCc1ccccn1)c1ncccc1CNc1ccnc(N)n1. The van der Waals surface area contributed by atoms with Gasteiger partial charge in [0.15, 0.2) is 0 Å². The maximum absolute atomic E-state index is 5.61. The van der Waals surface area contributed by atoms with Gasteiger partial charge < -0.3 is 16.0 Å². The summed E-state index contributed by atoms with van der Waals surface area (Å²) >= 11 is 0. The van der Waals surface area contributed by atoms with Crippen molar-refractivity contribution in [3.05, 3.63) is 66.2 Å². The van der Waals surface area contributed by atoms with Crippen molar-refractivity contribution in [2.45, 2.75) is 13.0 Å². The van der Waals surface area contributed by atoms with Gasteiger partial charge in [0.1, 0.15) is 11.6 Å². The molecule has 128 valence electrons. The van der Waals surface area contributed by atoms with Crippen LogP contribution in [-0.4, -0.2) is 33.5 Å². The molecule has 3 aromatic rings. The first-order valence-electron chi connectivity index (χ1n) is 8.10. The van der Waals surface area contributed by atoms with Gasteiger partial charge in [0.25, 0.3) is 0 Å². The Balaban J connectivity index is 1.65. The van der Waals surface area contributed by atoms with Crippen LogP contribution in [0, 0.1) is 0 Å². The number of hydrogen-bond acceptors (Lipinski definition) is 7. The topological polar surface area (TPSA) is 92.9 Å². The number of anilines is 3. The molecule has 0 aliphatic heterocycles. The van der Waals surface area contributed by atoms with Crippen LogP contribution in [0.1, 0.15) is 11.3 Å². The Hall–Kier alpha value is -3.22. The third-order valence-corrected chi connectivity index (χ3v) is 3.79. The van der Waals surface area contributed by atoms with Gasteiger partial charge in [-0.1, -0.05) is 12.1 Å². The van der Waals surface area contributed by atoms with Gasteiger partial charge in [-0.25, -0.2) is 9.97 Å². The van der Waals surface area contributed by atoms with Gasteiger partial charge in [0.05, 0.1) is 0 Å². The predicted molar refractivity (Wildman–Crippen MR) is 99.2 cm³/mol. The standard InChI is InChI=1S/C18H21N7/c1-25(12-8-15-6-2-3-9-20-15)17-14(5-4-10-21-17)13-23-16-7-11-22-18(19)24-16/h2-7,9-11H,8,12-13H2,1H3,(H3,19,22,23,24). The van der Waals surface area contributed by atoms with Crippen LogP contribution in [0.15, 0.2) is 55.0 Å². The van der Waals surface area contributed by atoms with Gasteiger partial charge >= 0.3 is 0 Å². The monoisotopic (exact) mass is 335 g/mol. The summed E-state index contributed by atoms with van der Waals surface area (Å²) < 4.78 is 0. The zero-order valence-corrected chi connectivity index (χ0v) is 14.1. The molecule has 7 nitrogen and oxygen atoms in total. The number of nitrogen functional groups attached to an aromatic ring is 1. The van der Waals surface area contributed by atoms with Crippen molar-refractivity contribution in [2.24, 2.45) is 0 Å². The molecule has 0 aliphatic rings. The third kappa shape index (κ3) is 4.63. The first kappa shape index (κ1) is 16.6. The van der Waals surface area contributed by atoms with Crippen molar-refractivity contribution in [3.8, 4) is 0 Å². The second-order valence-corrected chi connectivity index (χ2v) is 5.63. The van der Waals surface area contributed by atoms with E-state index >= 15 is 0 Å². The van der Waals surface area contributed by atoms with Crippen molar-refractivity contribution in [3.63, 3.8) is 0 Å². The second-order valence-electron chi connectivity index (χ2n) is 5.63. The van der Waals surface area contributed by atoms with Crippen molar-refractivity contribution in [1.82, 2.24) is 19.9 Å². The number of aromatic nitrogens is 4. The molecule has 0 spiro atoms. The molecule has 0 fully saturated rings. The highest BCUT2D eigenvalue weighted by Crippen LogP contribution is 2.17. The molecule has 0 radical (unpaired) electrons. The Labute approximate surface area is 147 Å². The molecule has 3 aromatic heterocycles. The number of nitrogens with two attached hydrogens (primary N) is 1. The Morgan fingerprint density at radius 1 is 1.00 bits per heavy atom. The third-order valence-electron chi connectivity index (χ3n) is 3.79. The lowest BCUT2D eigenvalue weighted by Crippen LogP contribution is -2.23. The van der Waals surface area contributed by atoms with E-state index in [0.717, 1.165) is 30.0 Å². The number of nitrogens with zero attached hydrogens (tertiary/aromatic N) is 5. The van der Waals surface area contributed by atoms with Crippen LogP contribution in [0.25, 0.3) is 0 Å². The number of rotatable bonds is 7. The number of likely N-dealkylation sites (N-methyl/N-ethyl adjacent to an activating group) is 1. The van der Waals surface area contributed by atoms with Crippen LogP contribution in [0.2, 0.25) is 0 Å². The van der Waals surface area contributed by atoms with E-state index in [-0.39, 0.29) is 5.95 Å². The molecular weight excluding hydrogens is 314 g/mol. The zero-order valence-electron chi connectivity index (χ0n) is 14.1. The van der Waals surface area contributed by atoms with Gasteiger partial charge in [0.2, 0.25) is 5.95 Å². The van der Waals surface area contributed by atoms with E-state index in [2.05, 4.69) is 36.2 Å². The summed E-state index contributed by atoms with van der Waals surface area (Å²) in [4.78, 5) is 19.1. The molecule has 3 heterocycles. The smallest absolute Gasteiger partial charge is 0.221 e. The average molecular weight is 335 g/mol. The highest BCUT2D eigenvalue weighted by Gasteiger charge is 2.09. The number of nitrogens with one attached hydrogen (secondary N) is 1. The van der Waals surface area contributed by atoms with Crippen molar-refractivity contribution < 1.29 is 0 Å². The lowest BCUT2D eigenvalue weighted by Gasteiger charge is -2.21. The van der Waals surface area contributed by atoms with Gasteiger partial charge in [-0.2, -0.15) is 4.98 Å². The molecule has 0 aliphatic carbocycles. The van der Waals surface area contributed by atoms with Crippen molar-refractivity contribution in [1.29, 1.82) is 0 Å². The Morgan fingerprint density at radius 2 is 1.88 bits per heavy atom. The summed E-state index contributed by atoms with van der Waals surface area (Å²) in [5.41, 5.74) is 7.77. The first-order valence-corrected chi connectivity index (χ1v) is 8.10. The molecule has 0 aromatic carbocycles. The molecule has 3 N–H and O–H groups in total. The molecule has 0 unspecified atom stereocenters. The van der Waals surface area contributed by atoms with E-state index in [1.165, 1.54) is 0 Å². The summed E-state index contributed by atoms with van der Waals surface area (Å²) in [7, 11) is 2.04. The Morgan fingerprint density at radius 3 is 2.68 bits per heavy atom. The van der Waals surface area contributed by atoms with Gasteiger partial charge in [0, 0.05) is 56.4 Å². The molecule has 7 heteroatoms. The molecular formula is C18H21N7. The maximum atomic E-state index is 5.61. The molecule has 0 atom stereocenters. The van der Waals surface area contributed by atoms with E-state index in [1.807, 2.05) is 37.5 Å². The number of pyridine rings is 2. The van der Waals surface area contributed by atoms with Crippen LogP contribution in [0.5, 0.6) is 0 Å². The van der Waals surface area contributed by atoms with Crippen molar-refractivity contribution >= 4 is 17.6 Å². The summed E-state index contributed by atoms with van der Waals surface area (Å²) in [6, 6.07) is 11.7. The largest absolute Gasteiger partial charge is 0.368 e. The van der Waals surface area contributed by atoms with Gasteiger partial charge in [-0.15, -0.1) is 0 Å². The highest BCUT2D eigenvalue weighted by molar-refractivity contribution is 5.48. The van der Waals surface area contributed by atoms with E-state index in [1.54, 1.807) is 18.5 Å².